The molecule has 1 unspecified atom stereocenters. The summed E-state index contributed by atoms with van der Waals surface area (Å²) in [7, 11) is 0. The van der Waals surface area contributed by atoms with Crippen LogP contribution in [0, 0.1) is 5.41 Å². The van der Waals surface area contributed by atoms with Crippen molar-refractivity contribution in [3.8, 4) is 0 Å². The molecule has 0 aliphatic carbocycles. The lowest BCUT2D eigenvalue weighted by Gasteiger charge is -2.40. The van der Waals surface area contributed by atoms with Crippen LogP contribution in [0.1, 0.15) is 26.5 Å². The number of piperazine rings is 1. The third-order valence-electron chi connectivity index (χ3n) is 3.72. The summed E-state index contributed by atoms with van der Waals surface area (Å²) in [5.74, 6) is 0. The van der Waals surface area contributed by atoms with E-state index in [0.717, 1.165) is 32.6 Å². The highest BCUT2D eigenvalue weighted by Crippen LogP contribution is 2.21. The van der Waals surface area contributed by atoms with Crippen molar-refractivity contribution in [3.05, 3.63) is 30.1 Å². The maximum Gasteiger partial charge on any atom is 0.0416 e. The highest BCUT2D eigenvalue weighted by molar-refractivity contribution is 5.04. The Bertz CT molecular complexity index is 356. The first-order valence-electron chi connectivity index (χ1n) is 6.91. The molecule has 3 heteroatoms. The number of rotatable bonds is 3. The predicted octanol–water partition coefficient (Wildman–Crippen LogP) is 1.94. The van der Waals surface area contributed by atoms with Crippen molar-refractivity contribution < 1.29 is 0 Å². The first kappa shape index (κ1) is 13.5. The molecule has 3 nitrogen and oxygen atoms in total. The Balaban J connectivity index is 1.83. The second kappa shape index (κ2) is 5.81. The fourth-order valence-corrected chi connectivity index (χ4v) is 2.41. The summed E-state index contributed by atoms with van der Waals surface area (Å²) in [6.45, 7) is 11.5. The number of pyridine rings is 1. The van der Waals surface area contributed by atoms with Crippen LogP contribution in [0.25, 0.3) is 0 Å². The Morgan fingerprint density at radius 3 is 2.89 bits per heavy atom. The molecule has 1 fully saturated rings. The Morgan fingerprint density at radius 2 is 2.22 bits per heavy atom. The van der Waals surface area contributed by atoms with Crippen LogP contribution >= 0.6 is 0 Å². The lowest BCUT2D eigenvalue weighted by molar-refractivity contribution is 0.135. The molecule has 1 aromatic heterocycles. The van der Waals surface area contributed by atoms with E-state index >= 15 is 0 Å². The normalized spacial score (nSPS) is 22.1. The molecule has 1 N–H and O–H groups in total. The average Bonchev–Trinajstić information content (AvgIpc) is 2.37. The predicted molar refractivity (Wildman–Crippen MR) is 75.6 cm³/mol. The lowest BCUT2D eigenvalue weighted by atomic mass is 9.85. The minimum Gasteiger partial charge on any atom is -0.311 e. The molecular weight excluding hydrogens is 222 g/mol. The summed E-state index contributed by atoms with van der Waals surface area (Å²) < 4.78 is 0. The first-order valence-corrected chi connectivity index (χ1v) is 6.91. The van der Waals surface area contributed by atoms with E-state index in [-0.39, 0.29) is 0 Å². The summed E-state index contributed by atoms with van der Waals surface area (Å²) in [5, 5.41) is 3.63. The Morgan fingerprint density at radius 1 is 1.39 bits per heavy atom. The molecule has 0 saturated carbocycles. The summed E-state index contributed by atoms with van der Waals surface area (Å²) in [4.78, 5) is 6.95. The fourth-order valence-electron chi connectivity index (χ4n) is 2.41. The van der Waals surface area contributed by atoms with Crippen molar-refractivity contribution in [1.29, 1.82) is 0 Å². The van der Waals surface area contributed by atoms with Gasteiger partial charge < -0.3 is 10.2 Å². The molecule has 1 aliphatic heterocycles. The van der Waals surface area contributed by atoms with Crippen molar-refractivity contribution in [2.24, 2.45) is 5.41 Å². The summed E-state index contributed by atoms with van der Waals surface area (Å²) in [5.41, 5.74) is 1.53. The highest BCUT2D eigenvalue weighted by atomic mass is 15.2. The minimum absolute atomic E-state index is 0.337. The highest BCUT2D eigenvalue weighted by Gasteiger charge is 2.28. The van der Waals surface area contributed by atoms with Gasteiger partial charge in [0.15, 0.2) is 0 Å². The van der Waals surface area contributed by atoms with Crippen LogP contribution in [-0.4, -0.2) is 42.1 Å². The van der Waals surface area contributed by atoms with E-state index in [0.29, 0.717) is 11.5 Å². The fraction of sp³-hybridized carbons (Fsp3) is 0.667. The van der Waals surface area contributed by atoms with Gasteiger partial charge in [0.05, 0.1) is 0 Å². The van der Waals surface area contributed by atoms with Gasteiger partial charge in [0, 0.05) is 50.5 Å². The van der Waals surface area contributed by atoms with Crippen LogP contribution in [0.5, 0.6) is 0 Å². The maximum absolute atomic E-state index is 4.39. The monoisotopic (exact) mass is 247 g/mol. The zero-order valence-corrected chi connectivity index (χ0v) is 11.8. The van der Waals surface area contributed by atoms with Crippen molar-refractivity contribution in [3.63, 3.8) is 0 Å². The molecule has 2 heterocycles. The molecule has 0 spiro atoms. The van der Waals surface area contributed by atoms with E-state index in [4.69, 9.17) is 0 Å². The lowest BCUT2D eigenvalue weighted by Crippen LogP contribution is -2.56. The third-order valence-corrected chi connectivity index (χ3v) is 3.72. The van der Waals surface area contributed by atoms with Crippen LogP contribution in [0.2, 0.25) is 0 Å². The zero-order chi connectivity index (χ0) is 13.0. The van der Waals surface area contributed by atoms with Gasteiger partial charge in [-0.3, -0.25) is 4.98 Å². The van der Waals surface area contributed by atoms with E-state index in [1.54, 1.807) is 0 Å². The number of aromatic nitrogens is 1. The van der Waals surface area contributed by atoms with Gasteiger partial charge >= 0.3 is 0 Å². The van der Waals surface area contributed by atoms with E-state index in [9.17, 15) is 0 Å². The standard InChI is InChI=1S/C15H25N3/c1-15(2,3)14-12-18(11-9-17-14)10-7-13-6-4-5-8-16-13/h4-6,8,14,17H,7,9-12H2,1-3H3. The van der Waals surface area contributed by atoms with Gasteiger partial charge in [0.1, 0.15) is 0 Å². The van der Waals surface area contributed by atoms with Crippen molar-refractivity contribution in [1.82, 2.24) is 15.2 Å². The minimum atomic E-state index is 0.337. The molecule has 0 aromatic carbocycles. The van der Waals surface area contributed by atoms with Crippen molar-refractivity contribution in [2.45, 2.75) is 33.2 Å². The molecule has 0 radical (unpaired) electrons. The maximum atomic E-state index is 4.39. The summed E-state index contributed by atoms with van der Waals surface area (Å²) >= 11 is 0. The van der Waals surface area contributed by atoms with Gasteiger partial charge in [-0.15, -0.1) is 0 Å². The summed E-state index contributed by atoms with van der Waals surface area (Å²) in [6.07, 6.45) is 2.93. The number of hydrogen-bond donors (Lipinski definition) is 1. The summed E-state index contributed by atoms with van der Waals surface area (Å²) in [6, 6.07) is 6.75. The molecule has 0 bridgehead atoms. The van der Waals surface area contributed by atoms with Gasteiger partial charge in [0.2, 0.25) is 0 Å². The Kier molecular flexibility index (Phi) is 4.36. The molecular formula is C15H25N3. The first-order chi connectivity index (χ1) is 8.55. The molecule has 18 heavy (non-hydrogen) atoms. The molecule has 0 amide bonds. The Labute approximate surface area is 111 Å². The van der Waals surface area contributed by atoms with Crippen LogP contribution in [0.3, 0.4) is 0 Å². The van der Waals surface area contributed by atoms with E-state index in [1.165, 1.54) is 5.69 Å². The topological polar surface area (TPSA) is 28.2 Å². The quantitative estimate of drug-likeness (QED) is 0.885. The molecule has 1 aromatic rings. The molecule has 2 rings (SSSR count). The molecule has 1 atom stereocenters. The smallest absolute Gasteiger partial charge is 0.0416 e. The van der Waals surface area contributed by atoms with E-state index < -0.39 is 0 Å². The second-order valence-corrected chi connectivity index (χ2v) is 6.24. The molecule has 1 aliphatic rings. The van der Waals surface area contributed by atoms with Gasteiger partial charge in [0.25, 0.3) is 0 Å². The van der Waals surface area contributed by atoms with Gasteiger partial charge in [-0.05, 0) is 17.5 Å². The van der Waals surface area contributed by atoms with Gasteiger partial charge in [-0.25, -0.2) is 0 Å². The van der Waals surface area contributed by atoms with Crippen LogP contribution in [0.4, 0.5) is 0 Å². The Hall–Kier alpha value is -0.930. The van der Waals surface area contributed by atoms with Crippen molar-refractivity contribution >= 4 is 0 Å². The SMILES string of the molecule is CC(C)(C)C1CN(CCc2ccccn2)CCN1. The number of nitrogens with zero attached hydrogens (tertiary/aromatic N) is 2. The zero-order valence-electron chi connectivity index (χ0n) is 11.8. The largest absolute Gasteiger partial charge is 0.311 e. The van der Waals surface area contributed by atoms with E-state index in [2.05, 4.69) is 48.1 Å². The van der Waals surface area contributed by atoms with Gasteiger partial charge in [-0.1, -0.05) is 26.8 Å². The van der Waals surface area contributed by atoms with Crippen LogP contribution in [0.15, 0.2) is 24.4 Å². The number of hydrogen-bond acceptors (Lipinski definition) is 3. The number of nitrogens with one attached hydrogen (secondary N) is 1. The van der Waals surface area contributed by atoms with Crippen LogP contribution < -0.4 is 5.32 Å². The van der Waals surface area contributed by atoms with Crippen molar-refractivity contribution in [2.75, 3.05) is 26.2 Å². The van der Waals surface area contributed by atoms with Gasteiger partial charge in [-0.2, -0.15) is 0 Å². The van der Waals surface area contributed by atoms with Crippen LogP contribution in [-0.2, 0) is 6.42 Å². The third kappa shape index (κ3) is 3.79. The van der Waals surface area contributed by atoms with E-state index in [1.807, 2.05) is 12.3 Å². The molecule has 1 saturated heterocycles. The molecule has 100 valence electrons. The second-order valence-electron chi connectivity index (χ2n) is 6.24. The average molecular weight is 247 g/mol.